The number of hydrogen-bond acceptors (Lipinski definition) is 3. The van der Waals surface area contributed by atoms with Crippen molar-refractivity contribution in [2.75, 3.05) is 4.90 Å². The Balaban J connectivity index is 2.38. The smallest absolute Gasteiger partial charge is 0.277 e. The highest BCUT2D eigenvalue weighted by atomic mass is 35.5. The van der Waals surface area contributed by atoms with E-state index in [2.05, 4.69) is 5.32 Å². The van der Waals surface area contributed by atoms with Crippen molar-refractivity contribution >= 4 is 35.1 Å². The fourth-order valence-corrected chi connectivity index (χ4v) is 2.14. The average Bonchev–Trinajstić information content (AvgIpc) is 2.30. The molecule has 100 valence electrons. The predicted molar refractivity (Wildman–Crippen MR) is 70.8 cm³/mol. The van der Waals surface area contributed by atoms with Gasteiger partial charge in [-0.25, -0.2) is 9.69 Å². The van der Waals surface area contributed by atoms with E-state index >= 15 is 0 Å². The number of rotatable bonds is 2. The van der Waals surface area contributed by atoms with Crippen molar-refractivity contribution in [3.05, 3.63) is 29.3 Å². The molecule has 0 aliphatic carbocycles. The van der Waals surface area contributed by atoms with Crippen LogP contribution in [-0.2, 0) is 9.59 Å². The first kappa shape index (κ1) is 13.5. The second-order valence-electron chi connectivity index (χ2n) is 4.67. The van der Waals surface area contributed by atoms with E-state index in [1.807, 2.05) is 0 Å². The number of imide groups is 2. The molecule has 0 radical (unpaired) electrons. The van der Waals surface area contributed by atoms with Gasteiger partial charge in [-0.3, -0.25) is 14.9 Å². The van der Waals surface area contributed by atoms with E-state index in [9.17, 15) is 14.4 Å². The van der Waals surface area contributed by atoms with Crippen molar-refractivity contribution in [3.63, 3.8) is 0 Å². The first-order chi connectivity index (χ1) is 8.91. The Labute approximate surface area is 115 Å². The van der Waals surface area contributed by atoms with Crippen LogP contribution in [0.2, 0.25) is 5.02 Å². The van der Waals surface area contributed by atoms with Gasteiger partial charge in [0.05, 0.1) is 5.69 Å². The molecule has 0 aromatic heterocycles. The molecule has 1 saturated heterocycles. The molecule has 1 aliphatic rings. The predicted octanol–water partition coefficient (Wildman–Crippen LogP) is 2.20. The van der Waals surface area contributed by atoms with Crippen molar-refractivity contribution < 1.29 is 14.4 Å². The van der Waals surface area contributed by atoms with E-state index in [0.717, 1.165) is 4.90 Å². The quantitative estimate of drug-likeness (QED) is 0.845. The highest BCUT2D eigenvalue weighted by molar-refractivity contribution is 6.31. The Morgan fingerprint density at radius 3 is 2.26 bits per heavy atom. The number of amides is 4. The second kappa shape index (κ2) is 5.01. The van der Waals surface area contributed by atoms with Crippen LogP contribution in [0.15, 0.2) is 24.3 Å². The van der Waals surface area contributed by atoms with E-state index in [-0.39, 0.29) is 5.92 Å². The van der Waals surface area contributed by atoms with Gasteiger partial charge in [-0.1, -0.05) is 25.4 Å². The van der Waals surface area contributed by atoms with Crippen LogP contribution in [0.25, 0.3) is 0 Å². The van der Waals surface area contributed by atoms with E-state index < -0.39 is 23.8 Å². The second-order valence-corrected chi connectivity index (χ2v) is 5.10. The summed E-state index contributed by atoms with van der Waals surface area (Å²) < 4.78 is 0. The topological polar surface area (TPSA) is 66.5 Å². The van der Waals surface area contributed by atoms with Gasteiger partial charge in [-0.15, -0.1) is 0 Å². The van der Waals surface area contributed by atoms with Crippen LogP contribution in [0.5, 0.6) is 0 Å². The Hall–Kier alpha value is -1.88. The van der Waals surface area contributed by atoms with E-state index in [1.165, 1.54) is 0 Å². The van der Waals surface area contributed by atoms with Crippen LogP contribution < -0.4 is 10.2 Å². The van der Waals surface area contributed by atoms with Crippen molar-refractivity contribution in [2.24, 2.45) is 11.8 Å². The summed E-state index contributed by atoms with van der Waals surface area (Å²) >= 11 is 5.77. The van der Waals surface area contributed by atoms with Crippen molar-refractivity contribution in [3.8, 4) is 0 Å². The zero-order chi connectivity index (χ0) is 14.2. The molecule has 0 saturated carbocycles. The third-order valence-corrected chi connectivity index (χ3v) is 3.21. The maximum absolute atomic E-state index is 12.3. The maximum atomic E-state index is 12.3. The van der Waals surface area contributed by atoms with Crippen LogP contribution in [0, 0.1) is 11.8 Å². The number of nitrogens with one attached hydrogen (secondary N) is 1. The van der Waals surface area contributed by atoms with Gasteiger partial charge < -0.3 is 0 Å². The van der Waals surface area contributed by atoms with Gasteiger partial charge in [0.15, 0.2) is 0 Å². The van der Waals surface area contributed by atoms with Gasteiger partial charge in [0.25, 0.3) is 0 Å². The van der Waals surface area contributed by atoms with Gasteiger partial charge >= 0.3 is 6.03 Å². The zero-order valence-electron chi connectivity index (χ0n) is 10.5. The largest absolute Gasteiger partial charge is 0.335 e. The fraction of sp³-hybridized carbons (Fsp3) is 0.308. The highest BCUT2D eigenvalue weighted by Gasteiger charge is 2.42. The lowest BCUT2D eigenvalue weighted by atomic mass is 9.92. The van der Waals surface area contributed by atoms with Gasteiger partial charge in [0, 0.05) is 5.02 Å². The number of hydrogen-bond donors (Lipinski definition) is 1. The van der Waals surface area contributed by atoms with Crippen molar-refractivity contribution in [1.82, 2.24) is 5.32 Å². The average molecular weight is 281 g/mol. The molecule has 1 fully saturated rings. The molecule has 5 nitrogen and oxygen atoms in total. The summed E-state index contributed by atoms with van der Waals surface area (Å²) in [6.07, 6.45) is 0. The molecule has 1 heterocycles. The Morgan fingerprint density at radius 1 is 1.16 bits per heavy atom. The van der Waals surface area contributed by atoms with Gasteiger partial charge in [0.1, 0.15) is 5.92 Å². The Morgan fingerprint density at radius 2 is 1.74 bits per heavy atom. The molecular weight excluding hydrogens is 268 g/mol. The molecule has 2 rings (SSSR count). The van der Waals surface area contributed by atoms with Gasteiger partial charge in [-0.05, 0) is 30.2 Å². The Bertz CT molecular complexity index is 539. The van der Waals surface area contributed by atoms with E-state index in [4.69, 9.17) is 11.6 Å². The molecule has 0 spiro atoms. The van der Waals surface area contributed by atoms with Crippen molar-refractivity contribution in [1.29, 1.82) is 0 Å². The molecule has 6 heteroatoms. The van der Waals surface area contributed by atoms with Crippen LogP contribution in [-0.4, -0.2) is 17.8 Å². The summed E-state index contributed by atoms with van der Waals surface area (Å²) in [7, 11) is 0. The van der Waals surface area contributed by atoms with E-state index in [1.54, 1.807) is 38.1 Å². The normalized spacial score (nSPS) is 19.9. The van der Waals surface area contributed by atoms with Crippen LogP contribution >= 0.6 is 11.6 Å². The minimum absolute atomic E-state index is 0.185. The summed E-state index contributed by atoms with van der Waals surface area (Å²) in [5.41, 5.74) is 0.394. The van der Waals surface area contributed by atoms with Gasteiger partial charge in [-0.2, -0.15) is 0 Å². The minimum Gasteiger partial charge on any atom is -0.277 e. The molecule has 1 aliphatic heterocycles. The van der Waals surface area contributed by atoms with Gasteiger partial charge in [0.2, 0.25) is 11.8 Å². The fourth-order valence-electron chi connectivity index (χ4n) is 2.01. The number of benzene rings is 1. The van der Waals surface area contributed by atoms with E-state index in [0.29, 0.717) is 10.7 Å². The molecule has 1 aromatic carbocycles. The Kier molecular flexibility index (Phi) is 3.57. The zero-order valence-corrected chi connectivity index (χ0v) is 11.3. The molecule has 1 unspecified atom stereocenters. The molecule has 0 bridgehead atoms. The van der Waals surface area contributed by atoms with Crippen LogP contribution in [0.1, 0.15) is 13.8 Å². The molecule has 4 amide bonds. The number of carbonyl (C=O) groups excluding carboxylic acids is 3. The molecule has 1 N–H and O–H groups in total. The third-order valence-electron chi connectivity index (χ3n) is 2.95. The summed E-state index contributed by atoms with van der Waals surface area (Å²) in [6.45, 7) is 3.52. The summed E-state index contributed by atoms with van der Waals surface area (Å²) in [4.78, 5) is 36.8. The first-order valence-corrected chi connectivity index (χ1v) is 6.24. The van der Waals surface area contributed by atoms with Crippen molar-refractivity contribution in [2.45, 2.75) is 13.8 Å². The number of urea groups is 1. The lowest BCUT2D eigenvalue weighted by molar-refractivity contribution is -0.136. The number of nitrogens with zero attached hydrogens (tertiary/aromatic N) is 1. The highest BCUT2D eigenvalue weighted by Crippen LogP contribution is 2.25. The first-order valence-electron chi connectivity index (χ1n) is 5.86. The van der Waals surface area contributed by atoms with Crippen LogP contribution in [0.3, 0.4) is 0 Å². The SMILES string of the molecule is CC(C)C1C(=O)NC(=O)N(c2ccc(Cl)cc2)C1=O. The number of carbonyl (C=O) groups is 3. The maximum Gasteiger partial charge on any atom is 0.335 e. The number of barbiturate groups is 1. The molecule has 1 aromatic rings. The summed E-state index contributed by atoms with van der Waals surface area (Å²) in [5, 5.41) is 2.70. The summed E-state index contributed by atoms with van der Waals surface area (Å²) in [6, 6.07) is 5.56. The standard InChI is InChI=1S/C13H13ClN2O3/c1-7(2)10-11(17)15-13(19)16(12(10)18)9-5-3-8(14)4-6-9/h3-7,10H,1-2H3,(H,15,17,19). The lowest BCUT2D eigenvalue weighted by Gasteiger charge is -2.31. The number of anilines is 1. The number of halogens is 1. The minimum atomic E-state index is -0.853. The molecule has 19 heavy (non-hydrogen) atoms. The summed E-state index contributed by atoms with van der Waals surface area (Å²) in [5.74, 6) is -2.09. The third kappa shape index (κ3) is 2.46. The van der Waals surface area contributed by atoms with Crippen LogP contribution in [0.4, 0.5) is 10.5 Å². The molecular formula is C13H13ClN2O3. The lowest BCUT2D eigenvalue weighted by Crippen LogP contribution is -2.59. The molecule has 1 atom stereocenters. The monoisotopic (exact) mass is 280 g/mol.